The van der Waals surface area contributed by atoms with Gasteiger partial charge in [-0.3, -0.25) is 14.3 Å². The Kier molecular flexibility index (Phi) is 9.10. The van der Waals surface area contributed by atoms with Gasteiger partial charge in [-0.15, -0.1) is 0 Å². The quantitative estimate of drug-likeness (QED) is 0.246. The highest BCUT2D eigenvalue weighted by atomic mass is 35.5. The molecule has 222 valence electrons. The lowest BCUT2D eigenvalue weighted by Crippen LogP contribution is -2.50. The van der Waals surface area contributed by atoms with Crippen molar-refractivity contribution in [3.63, 3.8) is 0 Å². The second-order valence-corrected chi connectivity index (χ2v) is 12.1. The monoisotopic (exact) mass is 639 g/mol. The lowest BCUT2D eigenvalue weighted by Gasteiger charge is -2.35. The lowest BCUT2D eigenvalue weighted by molar-refractivity contribution is 0.0536. The Morgan fingerprint density at radius 1 is 0.767 bits per heavy atom. The largest absolute Gasteiger partial charge is 0.497 e. The Hall–Kier alpha value is -4.25. The van der Waals surface area contributed by atoms with Crippen molar-refractivity contribution >= 4 is 50.7 Å². The van der Waals surface area contributed by atoms with Crippen LogP contribution in [0, 0.1) is 0 Å². The van der Waals surface area contributed by atoms with E-state index in [4.69, 9.17) is 32.7 Å². The van der Waals surface area contributed by atoms with Gasteiger partial charge in [-0.2, -0.15) is 0 Å². The molecule has 0 unspecified atom stereocenters. The highest BCUT2D eigenvalue weighted by Gasteiger charge is 2.28. The molecular weight excluding hydrogens is 613 g/mol. The summed E-state index contributed by atoms with van der Waals surface area (Å²) in [6.07, 6.45) is 0. The molecule has 4 aromatic rings. The Morgan fingerprint density at radius 3 is 2.12 bits per heavy atom. The van der Waals surface area contributed by atoms with Crippen LogP contribution in [-0.4, -0.2) is 63.3 Å². The van der Waals surface area contributed by atoms with E-state index >= 15 is 0 Å². The number of nitrogens with one attached hydrogen (secondary N) is 1. The van der Waals surface area contributed by atoms with Crippen LogP contribution in [0.15, 0.2) is 95.9 Å². The van der Waals surface area contributed by atoms with Gasteiger partial charge in [0.15, 0.2) is 0 Å². The third-order valence-electron chi connectivity index (χ3n) is 6.83. The zero-order valence-corrected chi connectivity index (χ0v) is 25.3. The molecule has 1 saturated heterocycles. The van der Waals surface area contributed by atoms with E-state index in [0.717, 1.165) is 0 Å². The van der Waals surface area contributed by atoms with Gasteiger partial charge in [0.25, 0.3) is 21.8 Å². The van der Waals surface area contributed by atoms with Crippen LogP contribution in [0.4, 0.5) is 5.69 Å². The number of nitrogens with zero attached hydrogens (tertiary/aromatic N) is 2. The Morgan fingerprint density at radius 2 is 1.44 bits per heavy atom. The van der Waals surface area contributed by atoms with Gasteiger partial charge in [-0.25, -0.2) is 8.42 Å². The Labute approximate surface area is 259 Å². The van der Waals surface area contributed by atoms with Crippen LogP contribution in [0.3, 0.4) is 0 Å². The summed E-state index contributed by atoms with van der Waals surface area (Å²) < 4.78 is 40.0. The molecule has 43 heavy (non-hydrogen) atoms. The molecule has 0 spiro atoms. The number of rotatable bonds is 8. The molecule has 1 aliphatic heterocycles. The Balaban J connectivity index is 1.27. The minimum Gasteiger partial charge on any atom is -0.497 e. The standard InChI is InChI=1S/C31H27Cl2N3O6S/c1-41-24-6-4-5-21(19-24)30(37)35-15-17-36(18-16-35)31(38)26-20-22(32)9-14-28(26)34-43(39,40)25-12-10-23(11-13-25)42-29-8-3-2-7-27(29)33/h2-14,19-20,34H,15-18H2,1H3. The number of sulfonamides is 1. The SMILES string of the molecule is COc1cccc(C(=O)N2CCN(C(=O)c3cc(Cl)ccc3NS(=O)(=O)c3ccc(Oc4ccccc4Cl)cc3)CC2)c1. The van der Waals surface area contributed by atoms with E-state index in [1.807, 2.05) is 0 Å². The summed E-state index contributed by atoms with van der Waals surface area (Å²) in [6, 6.07) is 24.0. The number of carbonyl (C=O) groups is 2. The molecule has 12 heteroatoms. The van der Waals surface area contributed by atoms with Gasteiger partial charge in [-0.1, -0.05) is 41.4 Å². The first-order chi connectivity index (χ1) is 20.6. The molecule has 0 aliphatic carbocycles. The zero-order chi connectivity index (χ0) is 30.6. The lowest BCUT2D eigenvalue weighted by atomic mass is 10.1. The van der Waals surface area contributed by atoms with Crippen LogP contribution in [-0.2, 0) is 10.0 Å². The zero-order valence-electron chi connectivity index (χ0n) is 23.0. The second-order valence-electron chi connectivity index (χ2n) is 9.62. The fraction of sp³-hybridized carbons (Fsp3) is 0.161. The van der Waals surface area contributed by atoms with Gasteiger partial charge in [0.05, 0.1) is 28.3 Å². The number of methoxy groups -OCH3 is 1. The first-order valence-corrected chi connectivity index (χ1v) is 15.5. The molecule has 5 rings (SSSR count). The van der Waals surface area contributed by atoms with Crippen LogP contribution in [0.5, 0.6) is 17.2 Å². The third-order valence-corrected chi connectivity index (χ3v) is 8.75. The van der Waals surface area contributed by atoms with Gasteiger partial charge in [-0.05, 0) is 72.8 Å². The summed E-state index contributed by atoms with van der Waals surface area (Å²) in [5, 5.41) is 0.699. The van der Waals surface area contributed by atoms with Crippen molar-refractivity contribution in [2.75, 3.05) is 38.0 Å². The molecule has 0 bridgehead atoms. The molecule has 2 amide bonds. The van der Waals surface area contributed by atoms with Crippen LogP contribution < -0.4 is 14.2 Å². The van der Waals surface area contributed by atoms with Crippen molar-refractivity contribution in [2.45, 2.75) is 4.90 Å². The van der Waals surface area contributed by atoms with Crippen LogP contribution in [0.1, 0.15) is 20.7 Å². The van der Waals surface area contributed by atoms with Gasteiger partial charge < -0.3 is 19.3 Å². The number of anilines is 1. The first kappa shape index (κ1) is 30.2. The summed E-state index contributed by atoms with van der Waals surface area (Å²) in [5.74, 6) is 0.853. The summed E-state index contributed by atoms with van der Waals surface area (Å²) in [6.45, 7) is 1.15. The number of hydrogen-bond donors (Lipinski definition) is 1. The van der Waals surface area contributed by atoms with E-state index in [0.29, 0.717) is 40.9 Å². The second kappa shape index (κ2) is 12.9. The topological polar surface area (TPSA) is 105 Å². The van der Waals surface area contributed by atoms with E-state index in [-0.39, 0.29) is 40.2 Å². The van der Waals surface area contributed by atoms with Crippen molar-refractivity contribution in [3.05, 3.63) is 112 Å². The molecule has 4 aromatic carbocycles. The predicted molar refractivity (Wildman–Crippen MR) is 165 cm³/mol. The highest BCUT2D eigenvalue weighted by molar-refractivity contribution is 7.92. The minimum atomic E-state index is -4.08. The van der Waals surface area contributed by atoms with E-state index < -0.39 is 15.9 Å². The van der Waals surface area contributed by atoms with Gasteiger partial charge in [0.1, 0.15) is 17.2 Å². The van der Waals surface area contributed by atoms with Gasteiger partial charge in [0, 0.05) is 36.8 Å². The predicted octanol–water partition coefficient (Wildman–Crippen LogP) is 6.19. The summed E-state index contributed by atoms with van der Waals surface area (Å²) in [4.78, 5) is 29.8. The number of halogens is 2. The van der Waals surface area contributed by atoms with Gasteiger partial charge >= 0.3 is 0 Å². The fourth-order valence-corrected chi connectivity index (χ4v) is 5.98. The average molecular weight is 641 g/mol. The maximum absolute atomic E-state index is 13.6. The number of ether oxygens (including phenoxy) is 2. The smallest absolute Gasteiger partial charge is 0.261 e. The van der Waals surface area contributed by atoms with Crippen molar-refractivity contribution in [1.29, 1.82) is 0 Å². The molecule has 0 radical (unpaired) electrons. The van der Waals surface area contributed by atoms with Crippen LogP contribution in [0.2, 0.25) is 10.0 Å². The maximum Gasteiger partial charge on any atom is 0.261 e. The number of hydrogen-bond acceptors (Lipinski definition) is 6. The number of benzene rings is 4. The highest BCUT2D eigenvalue weighted by Crippen LogP contribution is 2.30. The Bertz CT molecular complexity index is 1760. The molecular formula is C31H27Cl2N3O6S. The first-order valence-electron chi connectivity index (χ1n) is 13.2. The summed E-state index contributed by atoms with van der Waals surface area (Å²) >= 11 is 12.3. The van der Waals surface area contributed by atoms with E-state index in [9.17, 15) is 18.0 Å². The number of carbonyl (C=O) groups excluding carboxylic acids is 2. The van der Waals surface area contributed by atoms with Crippen LogP contribution >= 0.6 is 23.2 Å². The van der Waals surface area contributed by atoms with Crippen molar-refractivity contribution in [3.8, 4) is 17.2 Å². The summed E-state index contributed by atoms with van der Waals surface area (Å²) in [7, 11) is -2.54. The molecule has 1 heterocycles. The number of amides is 2. The normalized spacial score (nSPS) is 13.4. The molecule has 0 aromatic heterocycles. The van der Waals surface area contributed by atoms with Crippen molar-refractivity contribution in [2.24, 2.45) is 0 Å². The van der Waals surface area contributed by atoms with E-state index in [2.05, 4.69) is 4.72 Å². The third kappa shape index (κ3) is 7.05. The average Bonchev–Trinajstić information content (AvgIpc) is 3.02. The molecule has 1 fully saturated rings. The van der Waals surface area contributed by atoms with E-state index in [1.165, 1.54) is 49.6 Å². The molecule has 1 N–H and O–H groups in total. The van der Waals surface area contributed by atoms with Gasteiger partial charge in [0.2, 0.25) is 0 Å². The molecule has 0 saturated carbocycles. The molecule has 0 atom stereocenters. The van der Waals surface area contributed by atoms with Crippen molar-refractivity contribution in [1.82, 2.24) is 9.80 Å². The summed E-state index contributed by atoms with van der Waals surface area (Å²) in [5.41, 5.74) is 0.678. The fourth-order valence-electron chi connectivity index (χ4n) is 4.55. The van der Waals surface area contributed by atoms with E-state index in [1.54, 1.807) is 58.3 Å². The maximum atomic E-state index is 13.6. The van der Waals surface area contributed by atoms with Crippen LogP contribution in [0.25, 0.3) is 0 Å². The van der Waals surface area contributed by atoms with Crippen molar-refractivity contribution < 1.29 is 27.5 Å². The number of piperazine rings is 1. The molecule has 9 nitrogen and oxygen atoms in total. The number of para-hydroxylation sites is 1. The molecule has 1 aliphatic rings. The minimum absolute atomic E-state index is 0.0305.